The first-order chi connectivity index (χ1) is 14.3. The van der Waals surface area contributed by atoms with Crippen molar-refractivity contribution >= 4 is 5.78 Å². The van der Waals surface area contributed by atoms with E-state index in [1.807, 2.05) is 0 Å². The number of nitrogens with zero attached hydrogens (tertiary/aromatic N) is 1. The van der Waals surface area contributed by atoms with Crippen molar-refractivity contribution in [2.24, 2.45) is 40.9 Å². The Morgan fingerprint density at radius 3 is 2.63 bits per heavy atom. The zero-order valence-corrected chi connectivity index (χ0v) is 19.4. The van der Waals surface area contributed by atoms with Crippen LogP contribution in [0, 0.1) is 40.9 Å². The fourth-order valence-electron chi connectivity index (χ4n) is 8.98. The van der Waals surface area contributed by atoms with Gasteiger partial charge in [0.1, 0.15) is 5.78 Å². The molecule has 0 aromatic rings. The van der Waals surface area contributed by atoms with Crippen LogP contribution in [0.5, 0.6) is 0 Å². The van der Waals surface area contributed by atoms with Gasteiger partial charge >= 0.3 is 0 Å². The molecule has 5 aliphatic rings. The molecule has 4 heteroatoms. The molecule has 0 spiro atoms. The number of Topliss-reactive ketones (excluding diaryl/α,β-unsaturated/α-hetero) is 1. The monoisotopic (exact) mass is 417 g/mol. The van der Waals surface area contributed by atoms with Crippen LogP contribution in [0.3, 0.4) is 0 Å². The molecule has 170 valence electrons. The highest BCUT2D eigenvalue weighted by atomic mass is 16.5. The fourth-order valence-corrected chi connectivity index (χ4v) is 8.98. The summed E-state index contributed by atoms with van der Waals surface area (Å²) in [5.41, 5.74) is -0.206. The van der Waals surface area contributed by atoms with E-state index in [1.54, 1.807) is 0 Å². The molecule has 0 aromatic carbocycles. The molecule has 0 radical (unpaired) electrons. The Bertz CT molecular complexity index is 663. The molecule has 0 amide bonds. The second kappa shape index (κ2) is 7.85. The lowest BCUT2D eigenvalue weighted by molar-refractivity contribution is -0.134. The maximum absolute atomic E-state index is 13.4. The predicted octanol–water partition coefficient (Wildman–Crippen LogP) is 4.30. The molecule has 4 saturated carbocycles. The van der Waals surface area contributed by atoms with Crippen LogP contribution in [0.25, 0.3) is 0 Å². The second-order valence-electron chi connectivity index (χ2n) is 12.2. The van der Waals surface area contributed by atoms with Crippen LogP contribution >= 0.6 is 0 Å². The summed E-state index contributed by atoms with van der Waals surface area (Å²) in [6, 6.07) is 0. The van der Waals surface area contributed by atoms with Crippen molar-refractivity contribution in [3.63, 3.8) is 0 Å². The molecule has 1 N–H and O–H groups in total. The lowest BCUT2D eigenvalue weighted by Crippen LogP contribution is -2.52. The molecule has 4 nitrogen and oxygen atoms in total. The number of aliphatic hydroxyl groups is 1. The Balaban J connectivity index is 1.27. The lowest BCUT2D eigenvalue weighted by atomic mass is 9.49. The van der Waals surface area contributed by atoms with Gasteiger partial charge in [-0.05, 0) is 107 Å². The Hall–Kier alpha value is -0.450. The number of carbonyl (C=O) groups excluding carboxylic acids is 1. The van der Waals surface area contributed by atoms with Crippen LogP contribution in [0.15, 0.2) is 0 Å². The van der Waals surface area contributed by atoms with Gasteiger partial charge < -0.3 is 9.84 Å². The fraction of sp³-hybridized carbons (Fsp3) is 0.962. The third-order valence-electron chi connectivity index (χ3n) is 10.3. The first kappa shape index (κ1) is 21.4. The van der Waals surface area contributed by atoms with E-state index in [1.165, 1.54) is 38.5 Å². The predicted molar refractivity (Wildman–Crippen MR) is 118 cm³/mol. The normalized spacial score (nSPS) is 51.7. The van der Waals surface area contributed by atoms with Gasteiger partial charge in [-0.1, -0.05) is 6.92 Å². The third kappa shape index (κ3) is 3.69. The topological polar surface area (TPSA) is 49.8 Å². The molecule has 0 aromatic heterocycles. The summed E-state index contributed by atoms with van der Waals surface area (Å²) >= 11 is 0. The first-order valence-electron chi connectivity index (χ1n) is 12.9. The smallest absolute Gasteiger partial charge is 0.150 e. The molecule has 5 fully saturated rings. The molecule has 4 aliphatic carbocycles. The van der Waals surface area contributed by atoms with Crippen LogP contribution in [0.2, 0.25) is 0 Å². The molecule has 1 heterocycles. The molecule has 0 bridgehead atoms. The van der Waals surface area contributed by atoms with Crippen molar-refractivity contribution in [2.45, 2.75) is 90.3 Å². The van der Waals surface area contributed by atoms with E-state index >= 15 is 0 Å². The van der Waals surface area contributed by atoms with Crippen molar-refractivity contribution in [1.29, 1.82) is 0 Å². The summed E-state index contributed by atoms with van der Waals surface area (Å²) in [6.07, 6.45) is 11.1. The molecular formula is C26H43NO3. The number of morpholine rings is 1. The van der Waals surface area contributed by atoms with E-state index in [0.29, 0.717) is 12.3 Å². The minimum absolute atomic E-state index is 0.225. The summed E-state index contributed by atoms with van der Waals surface area (Å²) in [4.78, 5) is 15.8. The average Bonchev–Trinajstić information content (AvgIpc) is 3.04. The minimum atomic E-state index is -0.432. The van der Waals surface area contributed by atoms with Crippen LogP contribution < -0.4 is 0 Å². The number of rotatable bonds is 3. The highest BCUT2D eigenvalue weighted by Crippen LogP contribution is 2.64. The zero-order valence-electron chi connectivity index (χ0n) is 19.4. The minimum Gasteiger partial charge on any atom is -0.390 e. The number of ether oxygens (including phenoxy) is 1. The van der Waals surface area contributed by atoms with E-state index in [-0.39, 0.29) is 17.4 Å². The Morgan fingerprint density at radius 1 is 1.03 bits per heavy atom. The number of carbonyl (C=O) groups is 1. The van der Waals surface area contributed by atoms with Gasteiger partial charge in [-0.2, -0.15) is 0 Å². The Morgan fingerprint density at radius 2 is 1.83 bits per heavy atom. The van der Waals surface area contributed by atoms with Gasteiger partial charge in [0.15, 0.2) is 0 Å². The van der Waals surface area contributed by atoms with Gasteiger partial charge in [0.2, 0.25) is 0 Å². The van der Waals surface area contributed by atoms with Crippen molar-refractivity contribution in [3.8, 4) is 0 Å². The van der Waals surface area contributed by atoms with Crippen molar-refractivity contribution in [3.05, 3.63) is 0 Å². The van der Waals surface area contributed by atoms with Crippen LogP contribution in [0.4, 0.5) is 0 Å². The van der Waals surface area contributed by atoms with E-state index in [9.17, 15) is 9.90 Å². The molecule has 30 heavy (non-hydrogen) atoms. The van der Waals surface area contributed by atoms with Crippen molar-refractivity contribution in [2.75, 3.05) is 26.2 Å². The summed E-state index contributed by atoms with van der Waals surface area (Å²) in [5, 5.41) is 10.6. The summed E-state index contributed by atoms with van der Waals surface area (Å²) in [7, 11) is 0. The highest BCUT2D eigenvalue weighted by molar-refractivity contribution is 5.84. The van der Waals surface area contributed by atoms with Gasteiger partial charge in [-0.3, -0.25) is 9.69 Å². The molecular weight excluding hydrogens is 374 g/mol. The SMILES string of the molecule is CC1CN(CC(=O)C2CCC3C4CCC5CC(C)(O)CCC5C4CCC23C)CCO1. The van der Waals surface area contributed by atoms with E-state index in [4.69, 9.17) is 4.74 Å². The maximum atomic E-state index is 13.4. The zero-order chi connectivity index (χ0) is 21.1. The van der Waals surface area contributed by atoms with Crippen molar-refractivity contribution in [1.82, 2.24) is 4.90 Å². The average molecular weight is 418 g/mol. The molecule has 5 rings (SSSR count). The number of fused-ring (bicyclic) bond motifs is 5. The molecule has 1 aliphatic heterocycles. The van der Waals surface area contributed by atoms with E-state index < -0.39 is 5.60 Å². The van der Waals surface area contributed by atoms with Crippen molar-refractivity contribution < 1.29 is 14.6 Å². The lowest BCUT2D eigenvalue weighted by Gasteiger charge is -2.57. The van der Waals surface area contributed by atoms with Gasteiger partial charge in [0.05, 0.1) is 24.9 Å². The maximum Gasteiger partial charge on any atom is 0.150 e. The highest BCUT2D eigenvalue weighted by Gasteiger charge is 2.58. The molecule has 9 unspecified atom stereocenters. The molecule has 1 saturated heterocycles. The van der Waals surface area contributed by atoms with E-state index in [0.717, 1.165) is 68.5 Å². The van der Waals surface area contributed by atoms with Crippen LogP contribution in [-0.4, -0.2) is 53.7 Å². The number of ketones is 1. The van der Waals surface area contributed by atoms with Crippen LogP contribution in [0.1, 0.15) is 78.6 Å². The third-order valence-corrected chi connectivity index (χ3v) is 10.3. The number of hydrogen-bond donors (Lipinski definition) is 1. The Kier molecular flexibility index (Phi) is 5.60. The summed E-state index contributed by atoms with van der Waals surface area (Å²) in [6.45, 7) is 9.84. The van der Waals surface area contributed by atoms with Gasteiger partial charge in [0, 0.05) is 19.0 Å². The van der Waals surface area contributed by atoms with Crippen LogP contribution in [-0.2, 0) is 9.53 Å². The molecule has 9 atom stereocenters. The summed E-state index contributed by atoms with van der Waals surface area (Å²) in [5.74, 6) is 4.78. The largest absolute Gasteiger partial charge is 0.390 e. The van der Waals surface area contributed by atoms with Gasteiger partial charge in [-0.25, -0.2) is 0 Å². The van der Waals surface area contributed by atoms with Gasteiger partial charge in [0.25, 0.3) is 0 Å². The standard InChI is InChI=1S/C26H43NO3/c1-17-15-27(12-13-30-17)16-24(28)23-7-6-22-21-5-4-18-14-25(2,29)10-8-19(18)20(21)9-11-26(22,23)3/h17-23,29H,4-16H2,1-3H3. The Labute approximate surface area is 183 Å². The summed E-state index contributed by atoms with van der Waals surface area (Å²) < 4.78 is 5.67. The van der Waals surface area contributed by atoms with E-state index in [2.05, 4.69) is 25.7 Å². The van der Waals surface area contributed by atoms with Gasteiger partial charge in [-0.15, -0.1) is 0 Å². The quantitative estimate of drug-likeness (QED) is 0.744. The second-order valence-corrected chi connectivity index (χ2v) is 12.2. The number of hydrogen-bond acceptors (Lipinski definition) is 4. The first-order valence-corrected chi connectivity index (χ1v) is 12.9.